The number of nitrogens with two attached hydrogens (primary N) is 1. The molecule has 1 unspecified atom stereocenters. The highest BCUT2D eigenvalue weighted by molar-refractivity contribution is 7.99. The summed E-state index contributed by atoms with van der Waals surface area (Å²) < 4.78 is 0. The van der Waals surface area contributed by atoms with Crippen molar-refractivity contribution in [3.8, 4) is 0 Å². The molecule has 0 spiro atoms. The molecule has 0 fully saturated rings. The second kappa shape index (κ2) is 11.7. The van der Waals surface area contributed by atoms with Gasteiger partial charge in [0.05, 0.1) is 11.9 Å². The molecule has 0 heterocycles. The lowest BCUT2D eigenvalue weighted by Gasteiger charge is -2.06. The normalized spacial score (nSPS) is 13.2. The van der Waals surface area contributed by atoms with E-state index < -0.39 is 18.0 Å². The molecule has 5 N–H and O–H groups in total. The molecule has 102 valence electrons. The van der Waals surface area contributed by atoms with Crippen molar-refractivity contribution >= 4 is 23.7 Å². The highest BCUT2D eigenvalue weighted by Crippen LogP contribution is 1.98. The van der Waals surface area contributed by atoms with Crippen molar-refractivity contribution in [2.45, 2.75) is 38.1 Å². The van der Waals surface area contributed by atoms with E-state index in [4.69, 9.17) is 15.9 Å². The van der Waals surface area contributed by atoms with Crippen molar-refractivity contribution in [3.05, 3.63) is 0 Å². The maximum absolute atomic E-state index is 9.96. The molecule has 6 nitrogen and oxygen atoms in total. The minimum atomic E-state index is -0.910. The number of carboxylic acids is 2. The first kappa shape index (κ1) is 18.6. The van der Waals surface area contributed by atoms with Gasteiger partial charge in [0.15, 0.2) is 0 Å². The molecule has 0 rings (SSSR count). The monoisotopic (exact) mass is 266 g/mol. The molecular weight excluding hydrogens is 244 g/mol. The van der Waals surface area contributed by atoms with Gasteiger partial charge in [0.25, 0.3) is 0 Å². The van der Waals surface area contributed by atoms with E-state index in [1.165, 1.54) is 0 Å². The Balaban J connectivity index is 0. The summed E-state index contributed by atoms with van der Waals surface area (Å²) in [5.74, 6) is -1.72. The van der Waals surface area contributed by atoms with E-state index in [0.29, 0.717) is 6.42 Å². The molecule has 0 aromatic rings. The van der Waals surface area contributed by atoms with Crippen LogP contribution in [0.2, 0.25) is 0 Å². The lowest BCUT2D eigenvalue weighted by Crippen LogP contribution is -2.29. The molecule has 0 aromatic heterocycles. The van der Waals surface area contributed by atoms with Gasteiger partial charge in [-0.3, -0.25) is 14.9 Å². The van der Waals surface area contributed by atoms with Gasteiger partial charge in [-0.15, -0.1) is 11.8 Å². The Morgan fingerprint density at radius 3 is 2.18 bits per heavy atom. The van der Waals surface area contributed by atoms with Crippen LogP contribution in [-0.4, -0.2) is 46.4 Å². The number of hydrogen-bond acceptors (Lipinski definition) is 5. The second-order valence-electron chi connectivity index (χ2n) is 3.39. The van der Waals surface area contributed by atoms with Crippen LogP contribution in [0.25, 0.3) is 0 Å². The number of aliphatic carboxylic acids is 2. The van der Waals surface area contributed by atoms with E-state index in [-0.39, 0.29) is 11.9 Å². The molecule has 17 heavy (non-hydrogen) atoms. The first-order valence-corrected chi connectivity index (χ1v) is 6.60. The van der Waals surface area contributed by atoms with Crippen LogP contribution in [0.3, 0.4) is 0 Å². The fraction of sp³-hybridized carbons (Fsp3) is 0.800. The standard InChI is InChI=1S/C5H11NO2S.C5H11NO2/c1-4(9-2)6-3-5(7)8;1-2-3-4(6)5(7)8/h4,6H,3H2,1-2H3,(H,7,8);4H,2-3,6H2,1H3,(H,7,8)/t;4-/m.0/s1. The number of nitrogens with one attached hydrogen (secondary N) is 1. The van der Waals surface area contributed by atoms with Crippen molar-refractivity contribution < 1.29 is 19.8 Å². The van der Waals surface area contributed by atoms with Crippen LogP contribution in [0.15, 0.2) is 0 Å². The summed E-state index contributed by atoms with van der Waals surface area (Å²) in [6, 6.07) is -0.667. The molecule has 0 saturated heterocycles. The fourth-order valence-electron chi connectivity index (χ4n) is 0.749. The summed E-state index contributed by atoms with van der Waals surface area (Å²) in [5, 5.41) is 19.4. The van der Waals surface area contributed by atoms with E-state index in [1.54, 1.807) is 11.8 Å². The van der Waals surface area contributed by atoms with Gasteiger partial charge in [-0.2, -0.15) is 0 Å². The maximum atomic E-state index is 9.96. The number of carbonyl (C=O) groups is 2. The smallest absolute Gasteiger partial charge is 0.320 e. The molecule has 0 amide bonds. The SMILES string of the molecule is CCC[C@H](N)C(=O)O.CSC(C)NCC(=O)O. The van der Waals surface area contributed by atoms with Crippen molar-refractivity contribution in [2.24, 2.45) is 5.73 Å². The Morgan fingerprint density at radius 2 is 1.94 bits per heavy atom. The zero-order valence-electron chi connectivity index (χ0n) is 10.5. The molecular formula is C10H22N2O4S. The molecule has 0 aliphatic rings. The molecule has 0 radical (unpaired) electrons. The van der Waals surface area contributed by atoms with Gasteiger partial charge in [0, 0.05) is 0 Å². The summed E-state index contributed by atoms with van der Waals surface area (Å²) in [6.07, 6.45) is 3.32. The number of rotatable bonds is 7. The Bertz CT molecular complexity index is 226. The second-order valence-corrected chi connectivity index (χ2v) is 4.56. The molecule has 2 atom stereocenters. The lowest BCUT2D eigenvalue weighted by atomic mass is 10.2. The molecule has 0 bridgehead atoms. The third kappa shape index (κ3) is 15.2. The minimum absolute atomic E-state index is 0.0437. The van der Waals surface area contributed by atoms with Crippen LogP contribution in [0.1, 0.15) is 26.7 Å². The highest BCUT2D eigenvalue weighted by atomic mass is 32.2. The summed E-state index contributed by atoms with van der Waals surface area (Å²) >= 11 is 1.59. The zero-order chi connectivity index (χ0) is 13.8. The Kier molecular flexibility index (Phi) is 12.8. The fourth-order valence-corrected chi connectivity index (χ4v) is 0.999. The number of thioether (sulfide) groups is 1. The van der Waals surface area contributed by atoms with Gasteiger partial charge in [0.2, 0.25) is 0 Å². The van der Waals surface area contributed by atoms with Crippen LogP contribution in [0.5, 0.6) is 0 Å². The van der Waals surface area contributed by atoms with Crippen LogP contribution in [-0.2, 0) is 9.59 Å². The van der Waals surface area contributed by atoms with E-state index in [0.717, 1.165) is 6.42 Å². The van der Waals surface area contributed by atoms with Crippen molar-refractivity contribution in [3.63, 3.8) is 0 Å². The Morgan fingerprint density at radius 1 is 1.41 bits per heavy atom. The average Bonchev–Trinajstić information content (AvgIpc) is 2.26. The van der Waals surface area contributed by atoms with E-state index >= 15 is 0 Å². The molecule has 0 saturated carbocycles. The highest BCUT2D eigenvalue weighted by Gasteiger charge is 2.07. The zero-order valence-corrected chi connectivity index (χ0v) is 11.3. The first-order chi connectivity index (χ1) is 7.84. The average molecular weight is 266 g/mol. The van der Waals surface area contributed by atoms with E-state index in [2.05, 4.69) is 5.32 Å². The van der Waals surface area contributed by atoms with Gasteiger partial charge >= 0.3 is 11.9 Å². The number of carboxylic acid groups (broad SMARTS) is 2. The summed E-state index contributed by atoms with van der Waals surface area (Å²) in [5.41, 5.74) is 5.13. The van der Waals surface area contributed by atoms with Crippen LogP contribution < -0.4 is 11.1 Å². The maximum Gasteiger partial charge on any atom is 0.320 e. The first-order valence-electron chi connectivity index (χ1n) is 5.31. The molecule has 0 aliphatic carbocycles. The third-order valence-electron chi connectivity index (χ3n) is 1.81. The molecule has 0 aliphatic heterocycles. The quantitative estimate of drug-likeness (QED) is 0.498. The minimum Gasteiger partial charge on any atom is -0.480 e. The van der Waals surface area contributed by atoms with E-state index in [9.17, 15) is 9.59 Å². The van der Waals surface area contributed by atoms with Crippen molar-refractivity contribution in [2.75, 3.05) is 12.8 Å². The van der Waals surface area contributed by atoms with Crippen molar-refractivity contribution in [1.82, 2.24) is 5.32 Å². The predicted octanol–water partition coefficient (Wildman–Crippen LogP) is 0.568. The van der Waals surface area contributed by atoms with Gasteiger partial charge in [-0.05, 0) is 19.6 Å². The van der Waals surface area contributed by atoms with Crippen LogP contribution in [0, 0.1) is 0 Å². The van der Waals surface area contributed by atoms with Crippen LogP contribution in [0.4, 0.5) is 0 Å². The Labute approximate surface area is 106 Å². The van der Waals surface area contributed by atoms with E-state index in [1.807, 2.05) is 20.1 Å². The number of hydrogen-bond donors (Lipinski definition) is 4. The van der Waals surface area contributed by atoms with Gasteiger partial charge < -0.3 is 15.9 Å². The predicted molar refractivity (Wildman–Crippen MR) is 69.1 cm³/mol. The van der Waals surface area contributed by atoms with Gasteiger partial charge in [-0.1, -0.05) is 13.3 Å². The van der Waals surface area contributed by atoms with Crippen LogP contribution >= 0.6 is 11.8 Å². The lowest BCUT2D eigenvalue weighted by molar-refractivity contribution is -0.139. The summed E-state index contributed by atoms with van der Waals surface area (Å²) in [7, 11) is 0. The molecule has 7 heteroatoms. The van der Waals surface area contributed by atoms with Gasteiger partial charge in [0.1, 0.15) is 6.04 Å². The summed E-state index contributed by atoms with van der Waals surface area (Å²) in [4.78, 5) is 19.9. The largest absolute Gasteiger partial charge is 0.480 e. The Hall–Kier alpha value is -0.790. The van der Waals surface area contributed by atoms with Crippen molar-refractivity contribution in [1.29, 1.82) is 0 Å². The van der Waals surface area contributed by atoms with Gasteiger partial charge in [-0.25, -0.2) is 0 Å². The molecule has 0 aromatic carbocycles. The third-order valence-corrected chi connectivity index (χ3v) is 2.68. The topological polar surface area (TPSA) is 113 Å². The summed E-state index contributed by atoms with van der Waals surface area (Å²) in [6.45, 7) is 3.87.